The van der Waals surface area contributed by atoms with Gasteiger partial charge in [0, 0.05) is 19.5 Å². The Bertz CT molecular complexity index is 695. The van der Waals surface area contributed by atoms with Gasteiger partial charge in [-0.05, 0) is 37.1 Å². The molecule has 1 aliphatic rings. The van der Waals surface area contributed by atoms with Crippen molar-refractivity contribution < 1.29 is 0 Å². The Balaban J connectivity index is 1.99. The molecule has 0 aromatic heterocycles. The first-order valence-corrected chi connectivity index (χ1v) is 7.99. The van der Waals surface area contributed by atoms with E-state index in [-0.39, 0.29) is 0 Å². The van der Waals surface area contributed by atoms with E-state index < -0.39 is 0 Å². The second-order valence-electron chi connectivity index (χ2n) is 5.48. The Morgan fingerprint density at radius 3 is 2.36 bits per heavy atom. The molecule has 1 aliphatic heterocycles. The minimum atomic E-state index is 0.922. The standard InChI is InChI=1S/C20H22N2/c1-3-22(4-2)20(14-16-10-6-5-7-11-16)19-15-17-12-8-9-13-18(17)21-19/h5-14H,3-4,15H2,1-2H3. The Morgan fingerprint density at radius 1 is 1.00 bits per heavy atom. The molecule has 3 rings (SSSR count). The van der Waals surface area contributed by atoms with Crippen molar-refractivity contribution >= 4 is 17.5 Å². The van der Waals surface area contributed by atoms with E-state index in [2.05, 4.69) is 79.4 Å². The van der Waals surface area contributed by atoms with E-state index >= 15 is 0 Å². The third-order valence-corrected chi connectivity index (χ3v) is 4.11. The molecule has 2 aromatic rings. The van der Waals surface area contributed by atoms with Gasteiger partial charge in [0.2, 0.25) is 0 Å². The highest BCUT2D eigenvalue weighted by Crippen LogP contribution is 2.29. The number of allylic oxidation sites excluding steroid dienone is 1. The lowest BCUT2D eigenvalue weighted by Crippen LogP contribution is -2.27. The van der Waals surface area contributed by atoms with Crippen LogP contribution in [0.1, 0.15) is 25.0 Å². The molecule has 0 radical (unpaired) electrons. The molecule has 2 heteroatoms. The highest BCUT2D eigenvalue weighted by atomic mass is 15.1. The number of fused-ring (bicyclic) bond motifs is 1. The molecule has 112 valence electrons. The van der Waals surface area contributed by atoms with Crippen molar-refractivity contribution in [3.8, 4) is 0 Å². The van der Waals surface area contributed by atoms with Crippen LogP contribution in [0.4, 0.5) is 5.69 Å². The molecule has 0 spiro atoms. The molecule has 2 aromatic carbocycles. The number of hydrogen-bond acceptors (Lipinski definition) is 2. The van der Waals surface area contributed by atoms with Gasteiger partial charge in [-0.2, -0.15) is 0 Å². The summed E-state index contributed by atoms with van der Waals surface area (Å²) in [5.74, 6) is 0. The average Bonchev–Trinajstić information content (AvgIpc) is 3.00. The normalized spacial score (nSPS) is 13.7. The van der Waals surface area contributed by atoms with Gasteiger partial charge in [0.25, 0.3) is 0 Å². The molecule has 0 saturated heterocycles. The molecule has 0 fully saturated rings. The summed E-state index contributed by atoms with van der Waals surface area (Å²) < 4.78 is 0. The van der Waals surface area contributed by atoms with Gasteiger partial charge in [-0.25, -0.2) is 0 Å². The molecule has 0 N–H and O–H groups in total. The molecule has 0 unspecified atom stereocenters. The van der Waals surface area contributed by atoms with Crippen molar-refractivity contribution in [1.82, 2.24) is 4.90 Å². The number of para-hydroxylation sites is 1. The van der Waals surface area contributed by atoms with Gasteiger partial charge in [0.1, 0.15) is 0 Å². The van der Waals surface area contributed by atoms with Crippen LogP contribution in [0.3, 0.4) is 0 Å². The van der Waals surface area contributed by atoms with Crippen LogP contribution >= 0.6 is 0 Å². The fourth-order valence-electron chi connectivity index (χ4n) is 2.91. The lowest BCUT2D eigenvalue weighted by Gasteiger charge is -2.24. The van der Waals surface area contributed by atoms with Crippen molar-refractivity contribution in [3.63, 3.8) is 0 Å². The van der Waals surface area contributed by atoms with E-state index in [1.807, 2.05) is 0 Å². The Labute approximate surface area is 132 Å². The van der Waals surface area contributed by atoms with Gasteiger partial charge in [-0.1, -0.05) is 48.5 Å². The summed E-state index contributed by atoms with van der Waals surface area (Å²) in [5.41, 5.74) is 6.08. The molecule has 0 saturated carbocycles. The largest absolute Gasteiger partial charge is 0.371 e. The predicted molar refractivity (Wildman–Crippen MR) is 94.6 cm³/mol. The van der Waals surface area contributed by atoms with Crippen LogP contribution in [0.25, 0.3) is 6.08 Å². The maximum Gasteiger partial charge on any atom is 0.0688 e. The van der Waals surface area contributed by atoms with Crippen molar-refractivity contribution in [1.29, 1.82) is 0 Å². The van der Waals surface area contributed by atoms with Crippen LogP contribution in [0, 0.1) is 0 Å². The molecular weight excluding hydrogens is 268 g/mol. The van der Waals surface area contributed by atoms with Crippen molar-refractivity contribution in [2.45, 2.75) is 20.3 Å². The smallest absolute Gasteiger partial charge is 0.0688 e. The second-order valence-corrected chi connectivity index (χ2v) is 5.48. The molecule has 1 heterocycles. The number of benzene rings is 2. The molecule has 0 atom stereocenters. The van der Waals surface area contributed by atoms with Gasteiger partial charge in [0.05, 0.1) is 17.1 Å². The van der Waals surface area contributed by atoms with Crippen molar-refractivity contribution in [2.24, 2.45) is 4.99 Å². The summed E-state index contributed by atoms with van der Waals surface area (Å²) in [5, 5.41) is 0. The van der Waals surface area contributed by atoms with Crippen LogP contribution in [0.2, 0.25) is 0 Å². The zero-order chi connectivity index (χ0) is 15.4. The van der Waals surface area contributed by atoms with E-state index in [4.69, 9.17) is 4.99 Å². The maximum atomic E-state index is 4.87. The van der Waals surface area contributed by atoms with Crippen LogP contribution in [-0.2, 0) is 6.42 Å². The lowest BCUT2D eigenvalue weighted by atomic mass is 10.1. The van der Waals surface area contributed by atoms with Crippen LogP contribution in [-0.4, -0.2) is 23.7 Å². The number of hydrogen-bond donors (Lipinski definition) is 0. The fraction of sp³-hybridized carbons (Fsp3) is 0.250. The summed E-state index contributed by atoms with van der Waals surface area (Å²) in [6.45, 7) is 6.38. The maximum absolute atomic E-state index is 4.87. The van der Waals surface area contributed by atoms with E-state index in [1.54, 1.807) is 0 Å². The molecular formula is C20H22N2. The minimum Gasteiger partial charge on any atom is -0.371 e. The third-order valence-electron chi connectivity index (χ3n) is 4.11. The van der Waals surface area contributed by atoms with Crippen LogP contribution < -0.4 is 0 Å². The molecule has 0 bridgehead atoms. The molecule has 22 heavy (non-hydrogen) atoms. The Kier molecular flexibility index (Phi) is 4.38. The van der Waals surface area contributed by atoms with Gasteiger partial charge >= 0.3 is 0 Å². The quantitative estimate of drug-likeness (QED) is 0.779. The van der Waals surface area contributed by atoms with Gasteiger partial charge < -0.3 is 4.90 Å². The molecule has 2 nitrogen and oxygen atoms in total. The summed E-state index contributed by atoms with van der Waals surface area (Å²) in [6, 6.07) is 18.9. The number of rotatable bonds is 5. The van der Waals surface area contributed by atoms with Gasteiger partial charge in [0.15, 0.2) is 0 Å². The zero-order valence-corrected chi connectivity index (χ0v) is 13.3. The third kappa shape index (κ3) is 2.96. The Morgan fingerprint density at radius 2 is 1.68 bits per heavy atom. The Hall–Kier alpha value is -2.35. The topological polar surface area (TPSA) is 15.6 Å². The van der Waals surface area contributed by atoms with Crippen molar-refractivity contribution in [2.75, 3.05) is 13.1 Å². The molecule has 0 aliphatic carbocycles. The van der Waals surface area contributed by atoms with Gasteiger partial charge in [-0.15, -0.1) is 0 Å². The number of aliphatic imine (C=N–C) groups is 1. The van der Waals surface area contributed by atoms with E-state index in [0.29, 0.717) is 0 Å². The summed E-state index contributed by atoms with van der Waals surface area (Å²) in [7, 11) is 0. The van der Waals surface area contributed by atoms with Crippen molar-refractivity contribution in [3.05, 3.63) is 71.4 Å². The first-order chi connectivity index (χ1) is 10.8. The summed E-state index contributed by atoms with van der Waals surface area (Å²) in [6.07, 6.45) is 3.18. The van der Waals surface area contributed by atoms with Crippen LogP contribution in [0.5, 0.6) is 0 Å². The monoisotopic (exact) mass is 290 g/mol. The highest BCUT2D eigenvalue weighted by molar-refractivity contribution is 6.08. The lowest BCUT2D eigenvalue weighted by molar-refractivity contribution is 0.403. The first-order valence-electron chi connectivity index (χ1n) is 7.99. The zero-order valence-electron chi connectivity index (χ0n) is 13.3. The van der Waals surface area contributed by atoms with E-state index in [1.165, 1.54) is 22.5 Å². The minimum absolute atomic E-state index is 0.922. The van der Waals surface area contributed by atoms with E-state index in [0.717, 1.165) is 25.2 Å². The number of nitrogens with zero attached hydrogens (tertiary/aromatic N) is 2. The molecule has 0 amide bonds. The highest BCUT2D eigenvalue weighted by Gasteiger charge is 2.20. The second kappa shape index (κ2) is 6.61. The van der Waals surface area contributed by atoms with Crippen LogP contribution in [0.15, 0.2) is 65.3 Å². The summed E-state index contributed by atoms with van der Waals surface area (Å²) >= 11 is 0. The SMILES string of the molecule is CCN(CC)C(=Cc1ccccc1)C1=Nc2ccccc2C1. The fourth-order valence-corrected chi connectivity index (χ4v) is 2.91. The summed E-state index contributed by atoms with van der Waals surface area (Å²) in [4.78, 5) is 7.26. The average molecular weight is 290 g/mol. The van der Waals surface area contributed by atoms with Gasteiger partial charge in [-0.3, -0.25) is 4.99 Å². The first kappa shape index (κ1) is 14.6. The van der Waals surface area contributed by atoms with E-state index in [9.17, 15) is 0 Å². The predicted octanol–water partition coefficient (Wildman–Crippen LogP) is 4.70.